The molecule has 0 saturated carbocycles. The number of hydrogen-bond acceptors (Lipinski definition) is 4. The van der Waals surface area contributed by atoms with E-state index in [0.717, 1.165) is 0 Å². The maximum absolute atomic E-state index is 12.2. The van der Waals surface area contributed by atoms with E-state index in [1.54, 1.807) is 39.8 Å². The fourth-order valence-electron chi connectivity index (χ4n) is 1.94. The number of hydrogen-bond donors (Lipinski definition) is 1. The second-order valence-corrected chi connectivity index (χ2v) is 6.47. The number of halogens is 1. The van der Waals surface area contributed by atoms with E-state index < -0.39 is 10.3 Å². The molecule has 0 saturated heterocycles. The lowest BCUT2D eigenvalue weighted by molar-refractivity contribution is -0.382. The molecule has 0 aliphatic heterocycles. The molecule has 1 amide bonds. The topological polar surface area (TPSA) is 85.1 Å². The van der Waals surface area contributed by atoms with E-state index in [-0.39, 0.29) is 16.6 Å². The molecule has 1 N–H and O–H groups in total. The summed E-state index contributed by atoms with van der Waals surface area (Å²) in [6, 6.07) is 4.63. The van der Waals surface area contributed by atoms with Crippen LogP contribution in [0, 0.1) is 22.5 Å². The fraction of sp³-hybridized carbons (Fsp3) is 0.333. The number of aromatic nitrogens is 1. The van der Waals surface area contributed by atoms with Gasteiger partial charge in [0.1, 0.15) is 10.5 Å². The minimum Gasteiger partial charge on any atom is -0.324 e. The Morgan fingerprint density at radius 2 is 2.00 bits per heavy atom. The number of amides is 1. The zero-order valence-corrected chi connectivity index (χ0v) is 13.5. The third-order valence-electron chi connectivity index (χ3n) is 3.15. The highest BCUT2D eigenvalue weighted by molar-refractivity contribution is 6.35. The predicted octanol–water partition coefficient (Wildman–Crippen LogP) is 4.09. The molecule has 0 aliphatic rings. The molecular weight excluding hydrogens is 306 g/mol. The Morgan fingerprint density at radius 3 is 2.55 bits per heavy atom. The van der Waals surface area contributed by atoms with Gasteiger partial charge < -0.3 is 5.32 Å². The van der Waals surface area contributed by atoms with Gasteiger partial charge in [-0.3, -0.25) is 19.9 Å². The van der Waals surface area contributed by atoms with Crippen LogP contribution in [0.15, 0.2) is 18.2 Å². The molecule has 0 spiro atoms. The number of nitro groups is 1. The Hall–Kier alpha value is -2.21. The van der Waals surface area contributed by atoms with Gasteiger partial charge in [0.05, 0.1) is 16.0 Å². The number of fused-ring (bicyclic) bond motifs is 1. The Bertz CT molecular complexity index is 782. The number of benzene rings is 1. The van der Waals surface area contributed by atoms with Crippen LogP contribution in [-0.4, -0.2) is 15.8 Å². The van der Waals surface area contributed by atoms with Crippen molar-refractivity contribution >= 4 is 39.8 Å². The van der Waals surface area contributed by atoms with Gasteiger partial charge in [0.25, 0.3) is 5.69 Å². The third-order valence-corrected chi connectivity index (χ3v) is 3.44. The Morgan fingerprint density at radius 1 is 1.36 bits per heavy atom. The first-order valence-corrected chi connectivity index (χ1v) is 7.05. The Kier molecular flexibility index (Phi) is 4.06. The number of anilines is 1. The quantitative estimate of drug-likeness (QED) is 0.666. The number of rotatable bonds is 2. The molecule has 7 heteroatoms. The average Bonchev–Trinajstić information content (AvgIpc) is 2.37. The molecule has 1 aromatic carbocycles. The highest BCUT2D eigenvalue weighted by Gasteiger charge is 2.25. The van der Waals surface area contributed by atoms with Crippen LogP contribution in [0.2, 0.25) is 5.02 Å². The van der Waals surface area contributed by atoms with E-state index in [1.165, 1.54) is 6.07 Å². The van der Waals surface area contributed by atoms with Crippen LogP contribution in [0.4, 0.5) is 11.4 Å². The molecule has 0 bridgehead atoms. The number of nitro benzene ring substituents is 1. The first-order chi connectivity index (χ1) is 10.1. The van der Waals surface area contributed by atoms with Gasteiger partial charge in [0.15, 0.2) is 0 Å². The molecule has 0 fully saturated rings. The van der Waals surface area contributed by atoms with Crippen LogP contribution in [-0.2, 0) is 4.79 Å². The highest BCUT2D eigenvalue weighted by atomic mass is 35.5. The molecule has 0 unspecified atom stereocenters. The maximum atomic E-state index is 12.2. The van der Waals surface area contributed by atoms with E-state index in [9.17, 15) is 14.9 Å². The summed E-state index contributed by atoms with van der Waals surface area (Å²) in [7, 11) is 0. The molecule has 22 heavy (non-hydrogen) atoms. The molecule has 2 rings (SSSR count). The van der Waals surface area contributed by atoms with E-state index in [2.05, 4.69) is 10.3 Å². The summed E-state index contributed by atoms with van der Waals surface area (Å²) in [5.74, 6) is -0.220. The van der Waals surface area contributed by atoms with Crippen molar-refractivity contribution in [2.45, 2.75) is 27.7 Å². The predicted molar refractivity (Wildman–Crippen MR) is 86.2 cm³/mol. The Balaban J connectivity index is 2.70. The van der Waals surface area contributed by atoms with Crippen LogP contribution >= 0.6 is 11.6 Å². The molecule has 116 valence electrons. The smallest absolute Gasteiger partial charge is 0.297 e. The van der Waals surface area contributed by atoms with Crippen LogP contribution < -0.4 is 5.32 Å². The maximum Gasteiger partial charge on any atom is 0.297 e. The molecule has 0 aliphatic carbocycles. The second kappa shape index (κ2) is 5.53. The zero-order chi connectivity index (χ0) is 16.7. The van der Waals surface area contributed by atoms with Crippen LogP contribution in [0.3, 0.4) is 0 Å². The molecule has 0 atom stereocenters. The van der Waals surface area contributed by atoms with Gasteiger partial charge in [-0.25, -0.2) is 0 Å². The summed E-state index contributed by atoms with van der Waals surface area (Å²) in [6.45, 7) is 7.10. The molecule has 0 radical (unpaired) electrons. The monoisotopic (exact) mass is 321 g/mol. The van der Waals surface area contributed by atoms with Crippen molar-refractivity contribution in [1.29, 1.82) is 0 Å². The molecule has 1 heterocycles. The van der Waals surface area contributed by atoms with Crippen LogP contribution in [0.1, 0.15) is 26.5 Å². The second-order valence-electron chi connectivity index (χ2n) is 6.06. The normalized spacial score (nSPS) is 11.5. The standard InChI is InChI=1S/C15H16ClN3O3/c1-8-5-6-9-12(17-8)11(18-14(20)15(2,3)4)7-10(16)13(9)19(21)22/h5-7H,1-4H3,(H,18,20). The lowest BCUT2D eigenvalue weighted by atomic mass is 9.95. The minimum absolute atomic E-state index is 0.0348. The summed E-state index contributed by atoms with van der Waals surface area (Å²) in [5, 5.41) is 14.2. The summed E-state index contributed by atoms with van der Waals surface area (Å²) < 4.78 is 0. The highest BCUT2D eigenvalue weighted by Crippen LogP contribution is 2.37. The van der Waals surface area contributed by atoms with E-state index in [4.69, 9.17) is 11.6 Å². The number of nitrogens with one attached hydrogen (secondary N) is 1. The van der Waals surface area contributed by atoms with Crippen molar-refractivity contribution < 1.29 is 9.72 Å². The molecule has 1 aromatic heterocycles. The minimum atomic E-state index is -0.607. The van der Waals surface area contributed by atoms with E-state index in [1.807, 2.05) is 0 Å². The number of pyridine rings is 1. The lowest BCUT2D eigenvalue weighted by Crippen LogP contribution is -2.27. The van der Waals surface area contributed by atoms with E-state index >= 15 is 0 Å². The van der Waals surface area contributed by atoms with Crippen LogP contribution in [0.5, 0.6) is 0 Å². The molecule has 2 aromatic rings. The van der Waals surface area contributed by atoms with Gasteiger partial charge in [-0.15, -0.1) is 0 Å². The molecule has 6 nitrogen and oxygen atoms in total. The number of carbonyl (C=O) groups excluding carboxylic acids is 1. The summed E-state index contributed by atoms with van der Waals surface area (Å²) >= 11 is 6.02. The SMILES string of the molecule is Cc1ccc2c([N+](=O)[O-])c(Cl)cc(NC(=O)C(C)(C)C)c2n1. The molecular formula is C15H16ClN3O3. The van der Waals surface area contributed by atoms with Crippen molar-refractivity contribution in [3.05, 3.63) is 39.0 Å². The van der Waals surface area contributed by atoms with Crippen molar-refractivity contribution in [3.8, 4) is 0 Å². The fourth-order valence-corrected chi connectivity index (χ4v) is 2.22. The van der Waals surface area contributed by atoms with Crippen molar-refractivity contribution in [2.75, 3.05) is 5.32 Å². The van der Waals surface area contributed by atoms with Gasteiger partial charge in [0.2, 0.25) is 5.91 Å². The van der Waals surface area contributed by atoms with E-state index in [0.29, 0.717) is 22.3 Å². The summed E-state index contributed by atoms with van der Waals surface area (Å²) in [4.78, 5) is 27.2. The van der Waals surface area contributed by atoms with Gasteiger partial charge in [-0.1, -0.05) is 32.4 Å². The first-order valence-electron chi connectivity index (χ1n) is 6.67. The lowest BCUT2D eigenvalue weighted by Gasteiger charge is -2.18. The van der Waals surface area contributed by atoms with Crippen molar-refractivity contribution in [3.63, 3.8) is 0 Å². The van der Waals surface area contributed by atoms with Gasteiger partial charge in [-0.05, 0) is 25.1 Å². The number of nitrogens with zero attached hydrogens (tertiary/aromatic N) is 2. The average molecular weight is 322 g/mol. The zero-order valence-electron chi connectivity index (χ0n) is 12.7. The summed E-state index contributed by atoms with van der Waals surface area (Å²) in [5.41, 5.74) is 0.598. The van der Waals surface area contributed by atoms with Crippen LogP contribution in [0.25, 0.3) is 10.9 Å². The van der Waals surface area contributed by atoms with Crippen molar-refractivity contribution in [1.82, 2.24) is 4.98 Å². The Labute approximate surface area is 132 Å². The van der Waals surface area contributed by atoms with Crippen molar-refractivity contribution in [2.24, 2.45) is 5.41 Å². The van der Waals surface area contributed by atoms with Gasteiger partial charge >= 0.3 is 0 Å². The van der Waals surface area contributed by atoms with Gasteiger partial charge in [-0.2, -0.15) is 0 Å². The first kappa shape index (κ1) is 16.2. The van der Waals surface area contributed by atoms with Gasteiger partial charge in [0, 0.05) is 11.1 Å². The number of aryl methyl sites for hydroxylation is 1. The largest absolute Gasteiger partial charge is 0.324 e. The number of carbonyl (C=O) groups is 1. The summed E-state index contributed by atoms with van der Waals surface area (Å²) in [6.07, 6.45) is 0. The third kappa shape index (κ3) is 3.01.